The van der Waals surface area contributed by atoms with Gasteiger partial charge in [0.25, 0.3) is 0 Å². The van der Waals surface area contributed by atoms with Crippen LogP contribution in [0.1, 0.15) is 5.56 Å². The van der Waals surface area contributed by atoms with E-state index < -0.39 is 28.2 Å². The molecule has 10 heteroatoms. The Bertz CT molecular complexity index is 823. The van der Waals surface area contributed by atoms with Gasteiger partial charge in [-0.05, 0) is 30.2 Å². The number of rotatable bonds is 9. The van der Waals surface area contributed by atoms with Gasteiger partial charge in [0.05, 0.1) is 4.90 Å². The molecule has 0 aromatic heterocycles. The van der Waals surface area contributed by atoms with Gasteiger partial charge in [-0.3, -0.25) is 0 Å². The lowest BCUT2D eigenvalue weighted by Crippen LogP contribution is -2.37. The highest BCUT2D eigenvalue weighted by Crippen LogP contribution is 2.24. The molecule has 0 aliphatic heterocycles. The molecule has 0 aliphatic carbocycles. The molecule has 2 aromatic carbocycles. The first-order valence-corrected chi connectivity index (χ1v) is 9.27. The number of nitrogens with zero attached hydrogens (tertiary/aromatic N) is 1. The molecule has 0 saturated heterocycles. The summed E-state index contributed by atoms with van der Waals surface area (Å²) in [5, 5.41) is 0. The van der Waals surface area contributed by atoms with Gasteiger partial charge in [0.1, 0.15) is 0 Å². The Morgan fingerprint density at radius 3 is 2.30 bits per heavy atom. The quantitative estimate of drug-likeness (QED) is 0.671. The smallest absolute Gasteiger partial charge is 0.387 e. The number of hydrogen-bond donors (Lipinski definition) is 1. The van der Waals surface area contributed by atoms with Crippen molar-refractivity contribution < 1.29 is 26.3 Å². The Hall–Kier alpha value is -1.81. The molecule has 0 spiro atoms. The molecule has 0 saturated carbocycles. The molecular formula is C17H20ClF3N2O3S. The number of nitrogens with two attached hydrogens (primary N) is 1. The van der Waals surface area contributed by atoms with E-state index in [-0.39, 0.29) is 36.9 Å². The number of halogens is 4. The van der Waals surface area contributed by atoms with Gasteiger partial charge in [-0.25, -0.2) is 12.8 Å². The lowest BCUT2D eigenvalue weighted by molar-refractivity contribution is -0.0522. The fourth-order valence-corrected chi connectivity index (χ4v) is 3.85. The number of sulfonamides is 1. The minimum Gasteiger partial charge on any atom is -0.432 e. The first kappa shape index (κ1) is 23.2. The molecule has 0 amide bonds. The van der Waals surface area contributed by atoms with Gasteiger partial charge in [0.2, 0.25) is 10.0 Å². The van der Waals surface area contributed by atoms with Gasteiger partial charge >= 0.3 is 6.61 Å². The maximum atomic E-state index is 13.9. The fourth-order valence-electron chi connectivity index (χ4n) is 2.38. The van der Waals surface area contributed by atoms with E-state index in [4.69, 9.17) is 5.73 Å². The summed E-state index contributed by atoms with van der Waals surface area (Å²) in [7, 11) is -4.03. The Balaban J connectivity index is 0.00000364. The molecule has 0 radical (unpaired) electrons. The monoisotopic (exact) mass is 424 g/mol. The van der Waals surface area contributed by atoms with Gasteiger partial charge < -0.3 is 10.5 Å². The largest absolute Gasteiger partial charge is 0.432 e. The van der Waals surface area contributed by atoms with Gasteiger partial charge in [-0.15, -0.1) is 12.4 Å². The highest BCUT2D eigenvalue weighted by atomic mass is 35.5. The normalized spacial score (nSPS) is 11.5. The Labute approximate surface area is 162 Å². The van der Waals surface area contributed by atoms with Crippen LogP contribution < -0.4 is 10.5 Å². The predicted molar refractivity (Wildman–Crippen MR) is 98.2 cm³/mol. The van der Waals surface area contributed by atoms with Crippen LogP contribution in [0.4, 0.5) is 13.2 Å². The molecule has 0 atom stereocenters. The summed E-state index contributed by atoms with van der Waals surface area (Å²) >= 11 is 0. The Morgan fingerprint density at radius 1 is 1.07 bits per heavy atom. The average Bonchev–Trinajstić information content (AvgIpc) is 2.60. The van der Waals surface area contributed by atoms with Crippen LogP contribution in [0.5, 0.6) is 5.75 Å². The van der Waals surface area contributed by atoms with Crippen LogP contribution in [0.3, 0.4) is 0 Å². The maximum absolute atomic E-state index is 13.9. The summed E-state index contributed by atoms with van der Waals surface area (Å²) in [6, 6.07) is 11.8. The highest BCUT2D eigenvalue weighted by molar-refractivity contribution is 7.89. The lowest BCUT2D eigenvalue weighted by Gasteiger charge is -2.22. The maximum Gasteiger partial charge on any atom is 0.387 e. The van der Waals surface area contributed by atoms with Crippen molar-refractivity contribution in [3.05, 3.63) is 59.9 Å². The molecule has 2 aromatic rings. The number of ether oxygens (including phenoxy) is 1. The second-order valence-electron chi connectivity index (χ2n) is 5.40. The predicted octanol–water partition coefficient (Wildman–Crippen LogP) is 3.04. The van der Waals surface area contributed by atoms with Crippen molar-refractivity contribution >= 4 is 22.4 Å². The zero-order valence-corrected chi connectivity index (χ0v) is 15.9. The molecule has 0 unspecified atom stereocenters. The second-order valence-corrected chi connectivity index (χ2v) is 7.34. The standard InChI is InChI=1S/C17H19F3N2O3S.ClH/c18-15-12-14(6-7-16(15)25-17(19)20)26(23,24)22(11-9-21)10-8-13-4-2-1-3-5-13;/h1-7,12,17H,8-11,21H2;1H. The number of benzene rings is 2. The van der Waals surface area contributed by atoms with Gasteiger partial charge in [-0.1, -0.05) is 30.3 Å². The first-order valence-electron chi connectivity index (χ1n) is 7.83. The number of alkyl halides is 2. The summed E-state index contributed by atoms with van der Waals surface area (Å²) in [6.45, 7) is -2.91. The van der Waals surface area contributed by atoms with Crippen molar-refractivity contribution in [2.75, 3.05) is 19.6 Å². The van der Waals surface area contributed by atoms with E-state index in [1.54, 1.807) is 0 Å². The van der Waals surface area contributed by atoms with Crippen LogP contribution >= 0.6 is 12.4 Å². The van der Waals surface area contributed by atoms with Gasteiger partial charge in [-0.2, -0.15) is 13.1 Å². The van der Waals surface area contributed by atoms with Crippen LogP contribution in [-0.4, -0.2) is 39.0 Å². The average molecular weight is 425 g/mol. The minimum absolute atomic E-state index is 0. The van der Waals surface area contributed by atoms with Crippen LogP contribution in [0.15, 0.2) is 53.4 Å². The third kappa shape index (κ3) is 6.39. The summed E-state index contributed by atoms with van der Waals surface area (Å²) < 4.78 is 68.9. The van der Waals surface area contributed by atoms with Crippen LogP contribution in [0.25, 0.3) is 0 Å². The topological polar surface area (TPSA) is 72.6 Å². The summed E-state index contributed by atoms with van der Waals surface area (Å²) in [4.78, 5) is -0.349. The van der Waals surface area contributed by atoms with Crippen molar-refractivity contribution in [1.82, 2.24) is 4.31 Å². The van der Waals surface area contributed by atoms with E-state index in [1.165, 1.54) is 0 Å². The molecule has 0 aliphatic rings. The van der Waals surface area contributed by atoms with Crippen LogP contribution in [-0.2, 0) is 16.4 Å². The van der Waals surface area contributed by atoms with Crippen molar-refractivity contribution in [2.45, 2.75) is 17.9 Å². The summed E-state index contributed by atoms with van der Waals surface area (Å²) in [5.41, 5.74) is 6.44. The van der Waals surface area contributed by atoms with E-state index in [2.05, 4.69) is 4.74 Å². The first-order chi connectivity index (χ1) is 12.3. The molecule has 2 rings (SSSR count). The van der Waals surface area contributed by atoms with Gasteiger partial charge in [0, 0.05) is 19.6 Å². The molecule has 27 heavy (non-hydrogen) atoms. The van der Waals surface area contributed by atoms with E-state index >= 15 is 0 Å². The third-order valence-corrected chi connectivity index (χ3v) is 5.52. The molecule has 150 valence electrons. The fraction of sp³-hybridized carbons (Fsp3) is 0.294. The van der Waals surface area contributed by atoms with E-state index in [9.17, 15) is 21.6 Å². The Morgan fingerprint density at radius 2 is 1.74 bits per heavy atom. The van der Waals surface area contributed by atoms with Crippen molar-refractivity contribution in [2.24, 2.45) is 5.73 Å². The third-order valence-electron chi connectivity index (χ3n) is 3.63. The lowest BCUT2D eigenvalue weighted by atomic mass is 10.1. The molecule has 5 nitrogen and oxygen atoms in total. The van der Waals surface area contributed by atoms with Crippen molar-refractivity contribution in [3.8, 4) is 5.75 Å². The second kappa shape index (κ2) is 10.5. The molecule has 0 bridgehead atoms. The highest BCUT2D eigenvalue weighted by Gasteiger charge is 2.25. The van der Waals surface area contributed by atoms with Crippen LogP contribution in [0.2, 0.25) is 0 Å². The minimum atomic E-state index is -4.03. The summed E-state index contributed by atoms with van der Waals surface area (Å²) in [5.74, 6) is -1.89. The zero-order valence-electron chi connectivity index (χ0n) is 14.2. The summed E-state index contributed by atoms with van der Waals surface area (Å²) in [6.07, 6.45) is 0.454. The van der Waals surface area contributed by atoms with E-state index in [0.29, 0.717) is 12.5 Å². The van der Waals surface area contributed by atoms with Gasteiger partial charge in [0.15, 0.2) is 11.6 Å². The van der Waals surface area contributed by atoms with Crippen molar-refractivity contribution in [3.63, 3.8) is 0 Å². The van der Waals surface area contributed by atoms with Crippen molar-refractivity contribution in [1.29, 1.82) is 0 Å². The van der Waals surface area contributed by atoms with E-state index in [0.717, 1.165) is 22.0 Å². The Kier molecular flexibility index (Phi) is 9.04. The molecule has 0 heterocycles. The van der Waals surface area contributed by atoms with Crippen LogP contribution in [0, 0.1) is 5.82 Å². The SMILES string of the molecule is Cl.NCCN(CCc1ccccc1)S(=O)(=O)c1ccc(OC(F)F)c(F)c1. The molecule has 0 fully saturated rings. The zero-order chi connectivity index (χ0) is 19.2. The number of hydrogen-bond acceptors (Lipinski definition) is 4. The van der Waals surface area contributed by atoms with E-state index in [1.807, 2.05) is 30.3 Å². The molecule has 2 N–H and O–H groups in total. The molecular weight excluding hydrogens is 405 g/mol.